The summed E-state index contributed by atoms with van der Waals surface area (Å²) in [5.41, 5.74) is 1.03. The summed E-state index contributed by atoms with van der Waals surface area (Å²) in [4.78, 5) is 14.6. The van der Waals surface area contributed by atoms with Crippen LogP contribution in [-0.2, 0) is 14.8 Å². The molecule has 1 fully saturated rings. The lowest BCUT2D eigenvalue weighted by Crippen LogP contribution is -2.46. The fraction of sp³-hybridized carbons (Fsp3) is 0.471. The fourth-order valence-corrected chi connectivity index (χ4v) is 4.54. The molecule has 0 aliphatic carbocycles. The van der Waals surface area contributed by atoms with Crippen molar-refractivity contribution in [2.75, 3.05) is 20.1 Å². The number of sulfonamides is 1. The molecule has 0 radical (unpaired) electrons. The van der Waals surface area contributed by atoms with Crippen LogP contribution in [0.5, 0.6) is 0 Å². The van der Waals surface area contributed by atoms with Gasteiger partial charge in [0.1, 0.15) is 6.04 Å². The molecule has 1 aromatic carbocycles. The van der Waals surface area contributed by atoms with Gasteiger partial charge in [0.15, 0.2) is 0 Å². The minimum absolute atomic E-state index is 0. The highest BCUT2D eigenvalue weighted by molar-refractivity contribution is 7.90. The normalized spacial score (nSPS) is 18.0. The molecule has 7 heteroatoms. The number of likely N-dealkylation sites (tertiary alicyclic amines) is 1. The van der Waals surface area contributed by atoms with E-state index in [2.05, 4.69) is 4.72 Å². The van der Waals surface area contributed by atoms with Crippen LogP contribution in [0.2, 0.25) is 0 Å². The third kappa shape index (κ3) is 3.06. The number of carbonyl (C=O) groups is 1. The summed E-state index contributed by atoms with van der Waals surface area (Å²) >= 11 is 0. The molecule has 2 aromatic rings. The van der Waals surface area contributed by atoms with Crippen LogP contribution in [0.3, 0.4) is 0 Å². The van der Waals surface area contributed by atoms with Gasteiger partial charge in [-0.3, -0.25) is 4.79 Å². The van der Waals surface area contributed by atoms with Gasteiger partial charge in [0.2, 0.25) is 15.9 Å². The highest BCUT2D eigenvalue weighted by atomic mass is 32.2. The van der Waals surface area contributed by atoms with Gasteiger partial charge in [0, 0.05) is 26.2 Å². The Morgan fingerprint density at radius 1 is 1.25 bits per heavy atom. The molecular weight excluding hydrogens is 326 g/mol. The summed E-state index contributed by atoms with van der Waals surface area (Å²) in [6.07, 6.45) is 2.90. The quantitative estimate of drug-likeness (QED) is 0.916. The molecule has 1 N–H and O–H groups in total. The van der Waals surface area contributed by atoms with Crippen molar-refractivity contribution in [2.24, 2.45) is 0 Å². The second-order valence-corrected chi connectivity index (χ2v) is 8.40. The predicted octanol–water partition coefficient (Wildman–Crippen LogP) is 1.99. The van der Waals surface area contributed by atoms with Crippen LogP contribution in [0.4, 0.5) is 0 Å². The molecule has 1 aliphatic rings. The molecule has 1 saturated heterocycles. The van der Waals surface area contributed by atoms with Gasteiger partial charge in [-0.05, 0) is 44.3 Å². The fourth-order valence-electron chi connectivity index (χ4n) is 3.38. The molecule has 1 aromatic heterocycles. The summed E-state index contributed by atoms with van der Waals surface area (Å²) in [7, 11) is -1.82. The molecule has 1 atom stereocenters. The molecule has 0 bridgehead atoms. The zero-order valence-corrected chi connectivity index (χ0v) is 14.8. The van der Waals surface area contributed by atoms with E-state index >= 15 is 0 Å². The van der Waals surface area contributed by atoms with Crippen molar-refractivity contribution in [3.8, 4) is 0 Å². The second kappa shape index (κ2) is 6.57. The second-order valence-electron chi connectivity index (χ2n) is 6.23. The molecule has 2 heterocycles. The van der Waals surface area contributed by atoms with Gasteiger partial charge < -0.3 is 9.47 Å². The van der Waals surface area contributed by atoms with Gasteiger partial charge in [0.25, 0.3) is 0 Å². The van der Waals surface area contributed by atoms with E-state index in [-0.39, 0.29) is 13.4 Å². The number of rotatable bonds is 4. The van der Waals surface area contributed by atoms with Gasteiger partial charge in [-0.1, -0.05) is 18.2 Å². The van der Waals surface area contributed by atoms with Crippen LogP contribution >= 0.6 is 0 Å². The Labute approximate surface area is 144 Å². The third-order valence-corrected chi connectivity index (χ3v) is 6.80. The zero-order chi connectivity index (χ0) is 17.3. The van der Waals surface area contributed by atoms with Crippen LogP contribution in [0.25, 0.3) is 10.9 Å². The Morgan fingerprint density at radius 2 is 1.92 bits per heavy atom. The Bertz CT molecular complexity index is 842. The maximum atomic E-state index is 12.8. The van der Waals surface area contributed by atoms with Crippen LogP contribution in [0.15, 0.2) is 36.5 Å². The van der Waals surface area contributed by atoms with Gasteiger partial charge in [-0.2, -0.15) is 0 Å². The Morgan fingerprint density at radius 3 is 2.58 bits per heavy atom. The molecule has 0 saturated carbocycles. The first-order chi connectivity index (χ1) is 11.4. The molecule has 24 heavy (non-hydrogen) atoms. The molecule has 1 unspecified atom stereocenters. The van der Waals surface area contributed by atoms with E-state index < -0.39 is 15.3 Å². The lowest BCUT2D eigenvalue weighted by atomic mass is 10.1. The highest BCUT2D eigenvalue weighted by Crippen LogP contribution is 2.24. The largest absolute Gasteiger partial charge is 0.341 e. The number of fused-ring (bicyclic) bond motifs is 1. The number of piperidine rings is 1. The summed E-state index contributed by atoms with van der Waals surface area (Å²) in [6, 6.07) is 9.67. The van der Waals surface area contributed by atoms with Crippen molar-refractivity contribution in [2.45, 2.75) is 31.1 Å². The summed E-state index contributed by atoms with van der Waals surface area (Å²) < 4.78 is 28.1. The minimum Gasteiger partial charge on any atom is -0.341 e. The average molecular weight is 351 g/mol. The van der Waals surface area contributed by atoms with E-state index in [1.165, 1.54) is 7.05 Å². The maximum Gasteiger partial charge on any atom is 0.245 e. The smallest absolute Gasteiger partial charge is 0.245 e. The van der Waals surface area contributed by atoms with E-state index in [9.17, 15) is 13.2 Å². The number of carbonyl (C=O) groups excluding carboxylic acids is 1. The van der Waals surface area contributed by atoms with Gasteiger partial charge in [-0.25, -0.2) is 13.1 Å². The van der Waals surface area contributed by atoms with E-state index in [4.69, 9.17) is 0 Å². The van der Waals surface area contributed by atoms with Gasteiger partial charge in [0.05, 0.1) is 5.25 Å². The number of amides is 1. The van der Waals surface area contributed by atoms with E-state index in [1.54, 1.807) is 4.90 Å². The lowest BCUT2D eigenvalue weighted by molar-refractivity contribution is -0.135. The number of hydrogen-bond acceptors (Lipinski definition) is 3. The SMILES string of the molecule is CNS(=O)(=O)C1CCN(C(=O)C(C)n2ccc3ccccc32)CC1.[HH]. The lowest BCUT2D eigenvalue weighted by Gasteiger charge is -2.33. The monoisotopic (exact) mass is 351 g/mol. The Balaban J connectivity index is 0.00000225. The number of nitrogens with zero attached hydrogens (tertiary/aromatic N) is 2. The molecule has 1 aliphatic heterocycles. The Hall–Kier alpha value is -1.86. The maximum absolute atomic E-state index is 12.8. The standard InChI is InChI=1S/C17H23N3O3S.H2/c1-13(20-12-7-14-5-3-4-6-16(14)20)17(21)19-10-8-15(9-11-19)24(22,23)18-2;/h3-7,12-13,15,18H,8-11H2,1-2H3;1H. The predicted molar refractivity (Wildman–Crippen MR) is 96.3 cm³/mol. The van der Waals surface area contributed by atoms with Crippen LogP contribution < -0.4 is 4.72 Å². The molecule has 6 nitrogen and oxygen atoms in total. The number of hydrogen-bond donors (Lipinski definition) is 1. The summed E-state index contributed by atoms with van der Waals surface area (Å²) in [6.45, 7) is 2.85. The van der Waals surface area contributed by atoms with Crippen molar-refractivity contribution >= 4 is 26.8 Å². The van der Waals surface area contributed by atoms with Gasteiger partial charge in [-0.15, -0.1) is 0 Å². The molecule has 0 spiro atoms. The number of nitrogens with one attached hydrogen (secondary N) is 1. The van der Waals surface area contributed by atoms with Crippen LogP contribution in [0, 0.1) is 0 Å². The first-order valence-corrected chi connectivity index (χ1v) is 9.75. The number of benzene rings is 1. The average Bonchev–Trinajstić information content (AvgIpc) is 3.04. The van der Waals surface area contributed by atoms with Gasteiger partial charge >= 0.3 is 0 Å². The van der Waals surface area contributed by atoms with Crippen LogP contribution in [0.1, 0.15) is 27.2 Å². The van der Waals surface area contributed by atoms with E-state index in [0.717, 1.165) is 10.9 Å². The van der Waals surface area contributed by atoms with Crippen molar-refractivity contribution in [1.29, 1.82) is 0 Å². The molecule has 3 rings (SSSR count). The topological polar surface area (TPSA) is 71.4 Å². The zero-order valence-electron chi connectivity index (χ0n) is 14.0. The first kappa shape index (κ1) is 17.0. The molecule has 132 valence electrons. The summed E-state index contributed by atoms with van der Waals surface area (Å²) in [5.74, 6) is 0.0386. The van der Waals surface area contributed by atoms with E-state index in [1.807, 2.05) is 48.0 Å². The van der Waals surface area contributed by atoms with Crippen molar-refractivity contribution < 1.29 is 14.6 Å². The highest BCUT2D eigenvalue weighted by Gasteiger charge is 2.32. The molecule has 1 amide bonds. The number of aromatic nitrogens is 1. The van der Waals surface area contributed by atoms with Crippen molar-refractivity contribution in [1.82, 2.24) is 14.2 Å². The Kier molecular flexibility index (Phi) is 4.64. The third-order valence-electron chi connectivity index (χ3n) is 4.88. The van der Waals surface area contributed by atoms with Crippen molar-refractivity contribution in [3.63, 3.8) is 0 Å². The molecular formula is C17H25N3O3S. The van der Waals surface area contributed by atoms with Crippen LogP contribution in [-0.4, -0.2) is 49.2 Å². The van der Waals surface area contributed by atoms with Crippen molar-refractivity contribution in [3.05, 3.63) is 36.5 Å². The first-order valence-electron chi connectivity index (χ1n) is 8.21. The summed E-state index contributed by atoms with van der Waals surface area (Å²) in [5, 5.41) is 0.699. The number of para-hydroxylation sites is 1. The minimum atomic E-state index is -3.26. The van der Waals surface area contributed by atoms with E-state index in [0.29, 0.717) is 25.9 Å².